The van der Waals surface area contributed by atoms with Gasteiger partial charge in [-0.1, -0.05) is 71.9 Å². The van der Waals surface area contributed by atoms with Crippen LogP contribution >= 0.6 is 0 Å². The summed E-state index contributed by atoms with van der Waals surface area (Å²) in [6.45, 7) is 21.4. The SMILES string of the molecule is CC[C@H]1O[C@]2(CC[C@@H]1C)C[C@@H]1C[C@@H](C/C=C(\C)[C@@H](O)[C@@H](C)/C=C/C=C3\CO[C@@H]4[C@H](O[Si](C)(C)C(C)(C)C)C(C)=C[C@@H](C(=O)O1)[C@]34O)O2. The molecule has 2 N–H and O–H groups in total. The Morgan fingerprint density at radius 3 is 2.51 bits per heavy atom. The van der Waals surface area contributed by atoms with Crippen molar-refractivity contribution in [1.82, 2.24) is 0 Å². The van der Waals surface area contributed by atoms with Crippen LogP contribution in [-0.2, 0) is 28.2 Å². The lowest BCUT2D eigenvalue weighted by Gasteiger charge is -2.50. The first-order valence-corrected chi connectivity index (χ1v) is 20.8. The van der Waals surface area contributed by atoms with Gasteiger partial charge in [-0.25, -0.2) is 0 Å². The largest absolute Gasteiger partial charge is 0.462 e. The van der Waals surface area contributed by atoms with Crippen molar-refractivity contribution in [2.45, 2.75) is 160 Å². The summed E-state index contributed by atoms with van der Waals surface area (Å²) in [7, 11) is -2.28. The van der Waals surface area contributed by atoms with E-state index in [1.807, 2.05) is 45.1 Å². The van der Waals surface area contributed by atoms with Gasteiger partial charge in [0.05, 0.1) is 31.0 Å². The summed E-state index contributed by atoms with van der Waals surface area (Å²) >= 11 is 0. The predicted molar refractivity (Wildman–Crippen MR) is 185 cm³/mol. The zero-order valence-electron chi connectivity index (χ0n) is 30.4. The van der Waals surface area contributed by atoms with E-state index in [1.54, 1.807) is 0 Å². The molecule has 0 amide bonds. The number of aliphatic hydroxyl groups is 2. The standard InChI is InChI=1S/C38H60O8Si/c1-11-31-23(2)17-18-37(45-31)21-29-20-28(44-37)16-15-25(4)32(39)24(3)13-12-14-27-22-42-34-33(46-47(9,10)36(6,7)8)26(5)19-30(35(40)43-29)38(27,34)41/h12-15,19,23-24,28-34,39,41H,11,16-18,20-22H2,1-10H3/b13-12+,25-15+,27-14+/t23-,24-,28+,29-,30-,31+,32-,33+,34+,37+,38+/m0/s1. The molecule has 3 fully saturated rings. The molecule has 5 aliphatic rings. The van der Waals surface area contributed by atoms with Crippen LogP contribution in [0.2, 0.25) is 18.1 Å². The normalized spacial score (nSPS) is 44.8. The van der Waals surface area contributed by atoms with Crippen molar-refractivity contribution in [2.75, 3.05) is 6.61 Å². The number of esters is 1. The van der Waals surface area contributed by atoms with Gasteiger partial charge in [-0.05, 0) is 73.9 Å². The number of ether oxygens (including phenoxy) is 4. The number of allylic oxidation sites excluding steroid dienone is 2. The molecule has 9 heteroatoms. The lowest BCUT2D eigenvalue weighted by molar-refractivity contribution is -0.335. The van der Waals surface area contributed by atoms with Gasteiger partial charge >= 0.3 is 5.97 Å². The van der Waals surface area contributed by atoms with Gasteiger partial charge in [0.25, 0.3) is 0 Å². The van der Waals surface area contributed by atoms with E-state index in [2.05, 4.69) is 53.8 Å². The zero-order valence-corrected chi connectivity index (χ0v) is 31.4. The van der Waals surface area contributed by atoms with Gasteiger partial charge in [0.15, 0.2) is 14.1 Å². The minimum Gasteiger partial charge on any atom is -0.462 e. The van der Waals surface area contributed by atoms with Crippen LogP contribution < -0.4 is 0 Å². The molecular weight excluding hydrogens is 612 g/mol. The molecule has 5 rings (SSSR count). The van der Waals surface area contributed by atoms with Crippen LogP contribution in [0.5, 0.6) is 0 Å². The van der Waals surface area contributed by atoms with E-state index in [0.29, 0.717) is 30.8 Å². The summed E-state index contributed by atoms with van der Waals surface area (Å²) in [6, 6.07) is 0. The molecule has 0 saturated carbocycles. The van der Waals surface area contributed by atoms with Crippen molar-refractivity contribution in [1.29, 1.82) is 0 Å². The first-order valence-electron chi connectivity index (χ1n) is 17.9. The van der Waals surface area contributed by atoms with Gasteiger partial charge < -0.3 is 33.6 Å². The molecule has 4 heterocycles. The molecule has 8 nitrogen and oxygen atoms in total. The van der Waals surface area contributed by atoms with Gasteiger partial charge in [0, 0.05) is 25.2 Å². The molecular formula is C38H60O8Si. The average Bonchev–Trinajstić information content (AvgIpc) is 3.33. The van der Waals surface area contributed by atoms with E-state index in [1.165, 1.54) is 0 Å². The van der Waals surface area contributed by atoms with Crippen LogP contribution in [0.1, 0.15) is 93.9 Å². The zero-order chi connectivity index (χ0) is 34.5. The molecule has 11 atom stereocenters. The van der Waals surface area contributed by atoms with Crippen LogP contribution in [0.15, 0.2) is 47.1 Å². The lowest BCUT2D eigenvalue weighted by Crippen LogP contribution is -2.60. The van der Waals surface area contributed by atoms with Crippen LogP contribution in [0.25, 0.3) is 0 Å². The summed E-state index contributed by atoms with van der Waals surface area (Å²) in [5.41, 5.74) is 0.678. The maximum absolute atomic E-state index is 14.4. The van der Waals surface area contributed by atoms with Crippen LogP contribution in [0.3, 0.4) is 0 Å². The molecule has 2 bridgehead atoms. The predicted octanol–water partition coefficient (Wildman–Crippen LogP) is 6.92. The monoisotopic (exact) mass is 672 g/mol. The van der Waals surface area contributed by atoms with Crippen LogP contribution in [0, 0.1) is 17.8 Å². The van der Waals surface area contributed by atoms with E-state index in [0.717, 1.165) is 30.4 Å². The fourth-order valence-electron chi connectivity index (χ4n) is 7.81. The molecule has 0 aromatic carbocycles. The maximum Gasteiger partial charge on any atom is 0.316 e. The number of hydrogen-bond acceptors (Lipinski definition) is 8. The third-order valence-corrected chi connectivity index (χ3v) is 16.4. The summed E-state index contributed by atoms with van der Waals surface area (Å²) in [4.78, 5) is 14.4. The summed E-state index contributed by atoms with van der Waals surface area (Å²) < 4.78 is 33.1. The third kappa shape index (κ3) is 7.19. The van der Waals surface area contributed by atoms with E-state index in [-0.39, 0.29) is 29.8 Å². The van der Waals surface area contributed by atoms with Crippen molar-refractivity contribution < 1.29 is 38.4 Å². The van der Waals surface area contributed by atoms with Gasteiger partial charge in [-0.2, -0.15) is 0 Å². The van der Waals surface area contributed by atoms with Crippen molar-refractivity contribution in [2.24, 2.45) is 17.8 Å². The molecule has 47 heavy (non-hydrogen) atoms. The first-order chi connectivity index (χ1) is 21.9. The second kappa shape index (κ2) is 13.6. The fourth-order valence-corrected chi connectivity index (χ4v) is 9.11. The number of rotatable bonds is 3. The molecule has 1 spiro atoms. The molecule has 0 unspecified atom stereocenters. The van der Waals surface area contributed by atoms with Gasteiger partial charge in [-0.15, -0.1) is 0 Å². The molecule has 3 saturated heterocycles. The van der Waals surface area contributed by atoms with Gasteiger partial charge in [0.2, 0.25) is 0 Å². The van der Waals surface area contributed by atoms with Crippen molar-refractivity contribution in [3.8, 4) is 0 Å². The van der Waals surface area contributed by atoms with E-state index < -0.39 is 56.0 Å². The van der Waals surface area contributed by atoms with E-state index >= 15 is 0 Å². The highest BCUT2D eigenvalue weighted by Crippen LogP contribution is 2.50. The topological polar surface area (TPSA) is 104 Å². The Labute approximate surface area is 283 Å². The lowest BCUT2D eigenvalue weighted by atomic mass is 9.71. The fraction of sp³-hybridized carbons (Fsp3) is 0.763. The Morgan fingerprint density at radius 2 is 1.83 bits per heavy atom. The molecule has 4 aliphatic heterocycles. The molecule has 264 valence electrons. The number of fused-ring (bicyclic) bond motifs is 2. The first kappa shape index (κ1) is 36.7. The maximum atomic E-state index is 14.4. The summed E-state index contributed by atoms with van der Waals surface area (Å²) in [5.74, 6) is -2.04. The summed E-state index contributed by atoms with van der Waals surface area (Å²) in [5, 5.41) is 23.9. The Kier molecular flexibility index (Phi) is 10.6. The molecule has 1 aliphatic carbocycles. The van der Waals surface area contributed by atoms with Crippen molar-refractivity contribution >= 4 is 14.3 Å². The Hall–Kier alpha value is -1.59. The highest BCUT2D eigenvalue weighted by atomic mass is 28.4. The van der Waals surface area contributed by atoms with E-state index in [9.17, 15) is 15.0 Å². The Balaban J connectivity index is 1.56. The third-order valence-electron chi connectivity index (χ3n) is 12.0. The number of aliphatic hydroxyl groups excluding tert-OH is 1. The van der Waals surface area contributed by atoms with Gasteiger partial charge in [0.1, 0.15) is 23.7 Å². The van der Waals surface area contributed by atoms with E-state index in [4.69, 9.17) is 23.4 Å². The molecule has 0 aromatic heterocycles. The van der Waals surface area contributed by atoms with Crippen LogP contribution in [0.4, 0.5) is 0 Å². The second-order valence-electron chi connectivity index (χ2n) is 16.5. The Morgan fingerprint density at radius 1 is 1.11 bits per heavy atom. The van der Waals surface area contributed by atoms with Crippen LogP contribution in [-0.4, -0.2) is 79.1 Å². The summed E-state index contributed by atoms with van der Waals surface area (Å²) in [6.07, 6.45) is 11.0. The molecule has 0 radical (unpaired) electrons. The second-order valence-corrected chi connectivity index (χ2v) is 21.3. The minimum absolute atomic E-state index is 0.0545. The number of hydrogen-bond donors (Lipinski definition) is 2. The molecule has 0 aromatic rings. The number of carbonyl (C=O) groups excluding carboxylic acids is 1. The number of carbonyl (C=O) groups is 1. The highest BCUT2D eigenvalue weighted by Gasteiger charge is 2.61. The highest BCUT2D eigenvalue weighted by molar-refractivity contribution is 6.74. The minimum atomic E-state index is -2.28. The van der Waals surface area contributed by atoms with Gasteiger partial charge in [-0.3, -0.25) is 4.79 Å². The quantitative estimate of drug-likeness (QED) is 0.189. The smallest absolute Gasteiger partial charge is 0.316 e. The van der Waals surface area contributed by atoms with Crippen molar-refractivity contribution in [3.05, 3.63) is 47.1 Å². The average molecular weight is 673 g/mol. The van der Waals surface area contributed by atoms with Crippen molar-refractivity contribution in [3.63, 3.8) is 0 Å². The Bertz CT molecular complexity index is 1290.